The molecule has 276 valence electrons. The van der Waals surface area contributed by atoms with Crippen LogP contribution < -0.4 is 9.79 Å². The molecular formula is C32H41BN4O11PS2-. The molecule has 0 amide bonds. The number of sulfonamides is 1. The van der Waals surface area contributed by atoms with Crippen molar-refractivity contribution in [3.63, 3.8) is 0 Å². The second-order valence-corrected chi connectivity index (χ2v) is 17.1. The van der Waals surface area contributed by atoms with E-state index in [0.29, 0.717) is 23.4 Å². The molecule has 0 aromatic heterocycles. The van der Waals surface area contributed by atoms with E-state index in [2.05, 4.69) is 10.2 Å². The topological polar surface area (TPSA) is 186 Å². The second kappa shape index (κ2) is 17.7. The number of ether oxygens (including phenoxy) is 2. The van der Waals surface area contributed by atoms with Gasteiger partial charge in [-0.3, -0.25) is 8.75 Å². The Balaban J connectivity index is 1.23. The lowest BCUT2D eigenvalue weighted by molar-refractivity contribution is -0.229. The van der Waals surface area contributed by atoms with Crippen LogP contribution in [-0.4, -0.2) is 94.2 Å². The van der Waals surface area contributed by atoms with Crippen molar-refractivity contribution in [2.75, 3.05) is 45.8 Å². The van der Waals surface area contributed by atoms with Gasteiger partial charge in [-0.05, 0) is 86.5 Å². The third-order valence-electron chi connectivity index (χ3n) is 7.51. The summed E-state index contributed by atoms with van der Waals surface area (Å²) in [5, 5.41) is 8.32. The summed E-state index contributed by atoms with van der Waals surface area (Å²) in [6, 6.07) is 17.7. The molecule has 0 bridgehead atoms. The zero-order chi connectivity index (χ0) is 37.4. The molecule has 2 unspecified atom stereocenters. The van der Waals surface area contributed by atoms with Crippen molar-refractivity contribution >= 4 is 52.9 Å². The normalized spacial score (nSPS) is 19.6. The van der Waals surface area contributed by atoms with Gasteiger partial charge < -0.3 is 28.3 Å². The van der Waals surface area contributed by atoms with Crippen molar-refractivity contribution in [1.82, 2.24) is 4.31 Å². The lowest BCUT2D eigenvalue weighted by Gasteiger charge is -2.26. The Hall–Kier alpha value is -3.03. The fourth-order valence-corrected chi connectivity index (χ4v) is 7.52. The molecule has 0 saturated carbocycles. The van der Waals surface area contributed by atoms with E-state index >= 15 is 0 Å². The molecule has 19 heteroatoms. The Kier molecular flexibility index (Phi) is 14.1. The maximum Gasteiger partial charge on any atom is 0.297 e. The van der Waals surface area contributed by atoms with Crippen molar-refractivity contribution in [1.29, 1.82) is 0 Å². The second-order valence-electron chi connectivity index (χ2n) is 12.0. The summed E-state index contributed by atoms with van der Waals surface area (Å²) < 4.78 is 91.1. The van der Waals surface area contributed by atoms with Gasteiger partial charge in [0, 0.05) is 39.4 Å². The molecule has 4 atom stereocenters. The maximum absolute atomic E-state index is 13.1. The smallest absolute Gasteiger partial charge is 0.297 e. The quantitative estimate of drug-likeness (QED) is 0.0777. The summed E-state index contributed by atoms with van der Waals surface area (Å²) in [7, 11) is -2.03. The minimum absolute atomic E-state index is 0.0200. The molecule has 0 spiro atoms. The molecule has 1 saturated heterocycles. The van der Waals surface area contributed by atoms with Gasteiger partial charge in [0.15, 0.2) is 0 Å². The van der Waals surface area contributed by atoms with Crippen molar-refractivity contribution < 1.29 is 49.0 Å². The number of rotatable bonds is 18. The molecule has 2 radical (unpaired) electrons. The standard InChI is InChI=1S/C32H42BN4O11PS2/c1-23(2)47-30-20-32(33)48-31(30)22-45-49(38,39)44-21-24-6-14-29(15-7-24)51(42,43)46-19-18-37(5)50(40,41)28-16-10-26(11-17-28)35-34-25-8-12-27(13-9-25)36(3)4/h6-17,23,30-32H,18-22H2,1-5H3,(H,38,39)/p-1/t30?,31-,32-/m1/s1. The highest BCUT2D eigenvalue weighted by atomic mass is 32.2. The molecule has 3 aromatic rings. The first kappa shape index (κ1) is 40.7. The number of hydrogen-bond donors (Lipinski definition) is 0. The van der Waals surface area contributed by atoms with E-state index in [0.717, 1.165) is 9.99 Å². The van der Waals surface area contributed by atoms with Gasteiger partial charge in [0.05, 0.1) is 53.2 Å². The highest BCUT2D eigenvalue weighted by Crippen LogP contribution is 2.40. The van der Waals surface area contributed by atoms with Gasteiger partial charge in [-0.2, -0.15) is 23.0 Å². The highest BCUT2D eigenvalue weighted by Gasteiger charge is 2.35. The van der Waals surface area contributed by atoms with Crippen LogP contribution in [0.15, 0.2) is 92.8 Å². The summed E-state index contributed by atoms with van der Waals surface area (Å²) in [5.74, 6) is 0. The maximum atomic E-state index is 13.1. The molecule has 1 aliphatic heterocycles. The van der Waals surface area contributed by atoms with Crippen LogP contribution in [0.2, 0.25) is 0 Å². The molecule has 0 N–H and O–H groups in total. The number of anilines is 1. The summed E-state index contributed by atoms with van der Waals surface area (Å²) in [4.78, 5) is 14.0. The van der Waals surface area contributed by atoms with Crippen LogP contribution in [0.1, 0.15) is 25.8 Å². The number of likely N-dealkylation sites (N-methyl/N-ethyl adjacent to an activating group) is 1. The zero-order valence-electron chi connectivity index (χ0n) is 28.9. The van der Waals surface area contributed by atoms with Crippen LogP contribution in [0.25, 0.3) is 0 Å². The summed E-state index contributed by atoms with van der Waals surface area (Å²) >= 11 is 0. The fraction of sp³-hybridized carbons (Fsp3) is 0.438. The molecule has 4 rings (SSSR count). The van der Waals surface area contributed by atoms with E-state index in [-0.39, 0.29) is 29.0 Å². The van der Waals surface area contributed by atoms with Gasteiger partial charge in [-0.25, -0.2) is 8.42 Å². The van der Waals surface area contributed by atoms with Gasteiger partial charge in [-0.1, -0.05) is 12.1 Å². The number of hydrogen-bond acceptors (Lipinski definition) is 14. The predicted molar refractivity (Wildman–Crippen MR) is 188 cm³/mol. The van der Waals surface area contributed by atoms with Gasteiger partial charge in [0.25, 0.3) is 17.9 Å². The number of phosphoric ester groups is 1. The highest BCUT2D eigenvalue weighted by molar-refractivity contribution is 7.89. The Morgan fingerprint density at radius 1 is 0.902 bits per heavy atom. The van der Waals surface area contributed by atoms with Crippen LogP contribution in [0.5, 0.6) is 0 Å². The van der Waals surface area contributed by atoms with Gasteiger partial charge >= 0.3 is 0 Å². The molecule has 3 aromatic carbocycles. The van der Waals surface area contributed by atoms with Crippen molar-refractivity contribution in [2.45, 2.75) is 61.0 Å². The third kappa shape index (κ3) is 12.0. The molecule has 1 fully saturated rings. The molecule has 15 nitrogen and oxygen atoms in total. The Morgan fingerprint density at radius 3 is 2.04 bits per heavy atom. The van der Waals surface area contributed by atoms with Gasteiger partial charge in [-0.15, -0.1) is 0 Å². The monoisotopic (exact) mass is 763 g/mol. The SMILES string of the molecule is [B][C@H]1CC(OC(C)C)[C@@H](COP(=O)([O-])OCc2ccc(S(=O)(=O)OCCN(C)S(=O)(=O)c3ccc(N=Nc4ccc(N(C)C)cc4)cc3)cc2)O1. The summed E-state index contributed by atoms with van der Waals surface area (Å²) in [6.07, 6.45) is -0.845. The van der Waals surface area contributed by atoms with Crippen molar-refractivity contribution in [3.8, 4) is 0 Å². The van der Waals surface area contributed by atoms with E-state index < -0.39 is 59.4 Å². The van der Waals surface area contributed by atoms with Crippen LogP contribution in [-0.2, 0) is 54.0 Å². The fourth-order valence-electron chi connectivity index (χ4n) is 4.76. The van der Waals surface area contributed by atoms with E-state index in [1.54, 1.807) is 0 Å². The Bertz CT molecular complexity index is 1880. The minimum Gasteiger partial charge on any atom is -0.756 e. The molecule has 1 heterocycles. The average Bonchev–Trinajstić information content (AvgIpc) is 3.43. The lowest BCUT2D eigenvalue weighted by atomic mass is 9.96. The summed E-state index contributed by atoms with van der Waals surface area (Å²) in [6.45, 7) is 2.18. The first-order chi connectivity index (χ1) is 23.9. The number of phosphoric acid groups is 1. The van der Waals surface area contributed by atoms with Crippen LogP contribution in [0, 0.1) is 0 Å². The first-order valence-electron chi connectivity index (χ1n) is 15.9. The number of azo groups is 1. The Labute approximate surface area is 300 Å². The largest absolute Gasteiger partial charge is 0.756 e. The third-order valence-corrected chi connectivity index (χ3v) is 11.6. The lowest BCUT2D eigenvalue weighted by Crippen LogP contribution is -2.31. The predicted octanol–water partition coefficient (Wildman–Crippen LogP) is 4.27. The molecule has 1 aliphatic rings. The summed E-state index contributed by atoms with van der Waals surface area (Å²) in [5.41, 5.74) is 2.43. The van der Waals surface area contributed by atoms with E-state index in [4.69, 9.17) is 30.6 Å². The van der Waals surface area contributed by atoms with Crippen LogP contribution in [0.3, 0.4) is 0 Å². The van der Waals surface area contributed by atoms with Gasteiger partial charge in [0.1, 0.15) is 14.0 Å². The van der Waals surface area contributed by atoms with E-state index in [1.165, 1.54) is 55.6 Å². The number of nitrogens with zero attached hydrogens (tertiary/aromatic N) is 4. The van der Waals surface area contributed by atoms with Crippen molar-refractivity contribution in [3.05, 3.63) is 78.4 Å². The van der Waals surface area contributed by atoms with E-state index in [1.807, 2.05) is 57.1 Å². The molecule has 0 aliphatic carbocycles. The number of benzene rings is 3. The molecular weight excluding hydrogens is 722 g/mol. The average molecular weight is 764 g/mol. The Morgan fingerprint density at radius 2 is 1.47 bits per heavy atom. The van der Waals surface area contributed by atoms with Crippen molar-refractivity contribution in [2.24, 2.45) is 10.2 Å². The first-order valence-corrected chi connectivity index (χ1v) is 20.2. The zero-order valence-corrected chi connectivity index (χ0v) is 31.4. The molecule has 51 heavy (non-hydrogen) atoms. The minimum atomic E-state index is -4.75. The van der Waals surface area contributed by atoms with Crippen LogP contribution in [0.4, 0.5) is 17.1 Å². The van der Waals surface area contributed by atoms with E-state index in [9.17, 15) is 26.3 Å². The van der Waals surface area contributed by atoms with Gasteiger partial charge in [0.2, 0.25) is 10.0 Å². The van der Waals surface area contributed by atoms with Crippen LogP contribution >= 0.6 is 7.82 Å².